The monoisotopic (exact) mass is 390 g/mol. The van der Waals surface area contributed by atoms with Gasteiger partial charge in [-0.3, -0.25) is 9.59 Å². The van der Waals surface area contributed by atoms with Gasteiger partial charge in [-0.25, -0.2) is 18.4 Å². The van der Waals surface area contributed by atoms with Gasteiger partial charge in [0, 0.05) is 11.3 Å². The van der Waals surface area contributed by atoms with Gasteiger partial charge < -0.3 is 10.1 Å². The van der Waals surface area contributed by atoms with Gasteiger partial charge in [-0.05, 0) is 62.4 Å². The Labute approximate surface area is 156 Å². The second-order valence-corrected chi connectivity index (χ2v) is 7.30. The minimum absolute atomic E-state index is 0.0767. The highest BCUT2D eigenvalue weighted by molar-refractivity contribution is 7.89. The van der Waals surface area contributed by atoms with Crippen LogP contribution in [0.5, 0.6) is 0 Å². The van der Waals surface area contributed by atoms with E-state index in [-0.39, 0.29) is 16.2 Å². The number of nitrogens with one attached hydrogen (secondary N) is 1. The molecule has 1 amide bonds. The predicted molar refractivity (Wildman–Crippen MR) is 97.8 cm³/mol. The summed E-state index contributed by atoms with van der Waals surface area (Å²) in [6, 6.07) is 11.1. The third-order valence-corrected chi connectivity index (χ3v) is 4.56. The van der Waals surface area contributed by atoms with Crippen LogP contribution in [0.4, 0.5) is 5.69 Å². The van der Waals surface area contributed by atoms with Crippen LogP contribution in [0, 0.1) is 0 Å². The second kappa shape index (κ2) is 8.11. The molecule has 0 saturated carbocycles. The Morgan fingerprint density at radius 2 is 1.48 bits per heavy atom. The lowest BCUT2D eigenvalue weighted by Gasteiger charge is -2.14. The van der Waals surface area contributed by atoms with Gasteiger partial charge in [-0.15, -0.1) is 0 Å². The summed E-state index contributed by atoms with van der Waals surface area (Å²) in [6.07, 6.45) is -1.09. The summed E-state index contributed by atoms with van der Waals surface area (Å²) in [5.74, 6) is -1.44. The maximum absolute atomic E-state index is 12.1. The standard InChI is InChI=1S/C18H18N2O6S/c1-11(21)13-3-7-15(8-4-13)20-17(22)12(2)26-18(23)14-5-9-16(10-6-14)27(19,24)25/h3-10,12H,1-2H3,(H,20,22)(H2,19,24,25). The predicted octanol–water partition coefficient (Wildman–Crippen LogP) is 1.72. The number of Topliss-reactive ketones (excluding diaryl/α,β-unsaturated/α-hetero) is 1. The van der Waals surface area contributed by atoms with Crippen molar-refractivity contribution in [2.45, 2.75) is 24.8 Å². The third-order valence-electron chi connectivity index (χ3n) is 3.63. The number of esters is 1. The van der Waals surface area contributed by atoms with E-state index in [9.17, 15) is 22.8 Å². The molecule has 0 saturated heterocycles. The van der Waals surface area contributed by atoms with Crippen LogP contribution >= 0.6 is 0 Å². The molecule has 0 heterocycles. The number of carbonyl (C=O) groups excluding carboxylic acids is 3. The Kier molecular flexibility index (Phi) is 6.09. The Morgan fingerprint density at radius 1 is 0.963 bits per heavy atom. The number of hydrogen-bond donors (Lipinski definition) is 2. The lowest BCUT2D eigenvalue weighted by atomic mass is 10.1. The van der Waals surface area contributed by atoms with Crippen molar-refractivity contribution < 1.29 is 27.5 Å². The smallest absolute Gasteiger partial charge is 0.338 e. The van der Waals surface area contributed by atoms with Crippen molar-refractivity contribution in [2.24, 2.45) is 5.14 Å². The Hall–Kier alpha value is -3.04. The molecule has 0 aliphatic rings. The maximum Gasteiger partial charge on any atom is 0.338 e. The van der Waals surface area contributed by atoms with Crippen molar-refractivity contribution in [2.75, 3.05) is 5.32 Å². The van der Waals surface area contributed by atoms with Gasteiger partial charge in [0.15, 0.2) is 11.9 Å². The quantitative estimate of drug-likeness (QED) is 0.570. The molecule has 0 aromatic heterocycles. The summed E-state index contributed by atoms with van der Waals surface area (Å²) in [7, 11) is -3.86. The zero-order valence-corrected chi connectivity index (χ0v) is 15.4. The van der Waals surface area contributed by atoms with Gasteiger partial charge in [-0.1, -0.05) is 0 Å². The van der Waals surface area contributed by atoms with E-state index < -0.39 is 28.0 Å². The van der Waals surface area contributed by atoms with Crippen molar-refractivity contribution in [3.8, 4) is 0 Å². The van der Waals surface area contributed by atoms with E-state index >= 15 is 0 Å². The van der Waals surface area contributed by atoms with E-state index in [1.165, 1.54) is 38.1 Å². The van der Waals surface area contributed by atoms with E-state index in [0.717, 1.165) is 0 Å². The number of rotatable bonds is 6. The number of benzene rings is 2. The first-order valence-corrected chi connectivity index (χ1v) is 9.38. The van der Waals surface area contributed by atoms with E-state index in [4.69, 9.17) is 9.88 Å². The summed E-state index contributed by atoms with van der Waals surface area (Å²) >= 11 is 0. The van der Waals surface area contributed by atoms with E-state index in [2.05, 4.69) is 5.32 Å². The van der Waals surface area contributed by atoms with Gasteiger partial charge in [0.1, 0.15) is 0 Å². The highest BCUT2D eigenvalue weighted by atomic mass is 32.2. The molecule has 0 radical (unpaired) electrons. The van der Waals surface area contributed by atoms with Crippen LogP contribution in [0.2, 0.25) is 0 Å². The molecule has 0 aliphatic carbocycles. The molecule has 9 heteroatoms. The minimum Gasteiger partial charge on any atom is -0.449 e. The van der Waals surface area contributed by atoms with Gasteiger partial charge in [-0.2, -0.15) is 0 Å². The second-order valence-electron chi connectivity index (χ2n) is 5.74. The van der Waals surface area contributed by atoms with Crippen LogP contribution in [0.25, 0.3) is 0 Å². The molecule has 1 atom stereocenters. The molecule has 2 rings (SSSR count). The van der Waals surface area contributed by atoms with Crippen LogP contribution in [-0.4, -0.2) is 32.2 Å². The van der Waals surface area contributed by atoms with Crippen LogP contribution in [0.1, 0.15) is 34.6 Å². The number of hydrogen-bond acceptors (Lipinski definition) is 6. The molecule has 2 aromatic rings. The summed E-state index contributed by atoms with van der Waals surface area (Å²) < 4.78 is 27.5. The van der Waals surface area contributed by atoms with Crippen molar-refractivity contribution >= 4 is 33.4 Å². The molecule has 8 nitrogen and oxygen atoms in total. The van der Waals surface area contributed by atoms with E-state index in [0.29, 0.717) is 11.3 Å². The fourth-order valence-corrected chi connectivity index (χ4v) is 2.61. The third kappa shape index (κ3) is 5.47. The van der Waals surface area contributed by atoms with Gasteiger partial charge >= 0.3 is 5.97 Å². The average molecular weight is 390 g/mol. The molecular formula is C18H18N2O6S. The zero-order chi connectivity index (χ0) is 20.2. The number of sulfonamides is 1. The Balaban J connectivity index is 1.98. The molecule has 3 N–H and O–H groups in total. The van der Waals surface area contributed by atoms with Crippen LogP contribution < -0.4 is 10.5 Å². The number of ether oxygens (including phenoxy) is 1. The van der Waals surface area contributed by atoms with Crippen LogP contribution in [-0.2, 0) is 19.6 Å². The molecule has 142 valence electrons. The van der Waals surface area contributed by atoms with Crippen molar-refractivity contribution in [3.63, 3.8) is 0 Å². The zero-order valence-electron chi connectivity index (χ0n) is 14.6. The van der Waals surface area contributed by atoms with Gasteiger partial charge in [0.05, 0.1) is 10.5 Å². The molecule has 0 aliphatic heterocycles. The molecule has 0 bridgehead atoms. The summed E-state index contributed by atoms with van der Waals surface area (Å²) in [6.45, 7) is 2.83. The molecular weight excluding hydrogens is 372 g/mol. The highest BCUT2D eigenvalue weighted by Crippen LogP contribution is 2.13. The maximum atomic E-state index is 12.1. The van der Waals surface area contributed by atoms with Crippen molar-refractivity contribution in [3.05, 3.63) is 59.7 Å². The molecule has 27 heavy (non-hydrogen) atoms. The van der Waals surface area contributed by atoms with E-state index in [1.54, 1.807) is 24.3 Å². The normalized spacial score (nSPS) is 12.1. The summed E-state index contributed by atoms with van der Waals surface area (Å²) in [4.78, 5) is 35.3. The largest absolute Gasteiger partial charge is 0.449 e. The summed E-state index contributed by atoms with van der Waals surface area (Å²) in [5, 5.41) is 7.56. The SMILES string of the molecule is CC(=O)c1ccc(NC(=O)C(C)OC(=O)c2ccc(S(N)(=O)=O)cc2)cc1. The van der Waals surface area contributed by atoms with Crippen LogP contribution in [0.3, 0.4) is 0 Å². The van der Waals surface area contributed by atoms with Crippen LogP contribution in [0.15, 0.2) is 53.4 Å². The first-order chi connectivity index (χ1) is 12.6. The molecule has 0 fully saturated rings. The number of anilines is 1. The summed E-state index contributed by atoms with van der Waals surface area (Å²) in [5.41, 5.74) is 1.04. The average Bonchev–Trinajstić information content (AvgIpc) is 2.61. The lowest BCUT2D eigenvalue weighted by molar-refractivity contribution is -0.123. The number of nitrogens with two attached hydrogens (primary N) is 1. The Bertz CT molecular complexity index is 966. The number of carbonyl (C=O) groups is 3. The highest BCUT2D eigenvalue weighted by Gasteiger charge is 2.19. The van der Waals surface area contributed by atoms with E-state index in [1.807, 2.05) is 0 Å². The first-order valence-electron chi connectivity index (χ1n) is 7.83. The fraction of sp³-hybridized carbons (Fsp3) is 0.167. The number of ketones is 1. The van der Waals surface area contributed by atoms with Crippen molar-refractivity contribution in [1.29, 1.82) is 0 Å². The Morgan fingerprint density at radius 3 is 1.96 bits per heavy atom. The van der Waals surface area contributed by atoms with Gasteiger partial charge in [0.2, 0.25) is 10.0 Å². The number of primary sulfonamides is 1. The first kappa shape index (κ1) is 20.3. The van der Waals surface area contributed by atoms with Crippen molar-refractivity contribution in [1.82, 2.24) is 0 Å². The molecule has 1 unspecified atom stereocenters. The minimum atomic E-state index is -3.86. The molecule has 0 spiro atoms. The number of amides is 1. The lowest BCUT2D eigenvalue weighted by Crippen LogP contribution is -2.30. The molecule has 2 aromatic carbocycles. The fourth-order valence-electron chi connectivity index (χ4n) is 2.09. The van der Waals surface area contributed by atoms with Gasteiger partial charge in [0.25, 0.3) is 5.91 Å². The topological polar surface area (TPSA) is 133 Å².